The number of hydrogen-bond donors (Lipinski definition) is 1. The van der Waals surface area contributed by atoms with Gasteiger partial charge in [-0.15, -0.1) is 0 Å². The fraction of sp³-hybridized carbons (Fsp3) is 0.360. The molecule has 174 valence electrons. The highest BCUT2D eigenvalue weighted by molar-refractivity contribution is 6.00. The molecule has 0 saturated carbocycles. The lowest BCUT2D eigenvalue weighted by atomic mass is 10.1. The molecule has 0 spiro atoms. The van der Waals surface area contributed by atoms with Gasteiger partial charge >= 0.3 is 11.9 Å². The minimum atomic E-state index is -0.666. The summed E-state index contributed by atoms with van der Waals surface area (Å²) < 4.78 is 10.3. The smallest absolute Gasteiger partial charge is 0.338 e. The Labute approximate surface area is 192 Å². The molecule has 1 aliphatic heterocycles. The first-order valence-electron chi connectivity index (χ1n) is 10.9. The number of hydrogen-bond acceptors (Lipinski definition) is 6. The standard InChI is InChI=1S/C25H28N2O6/c1-4-12-32-24(30)18-8-10-20(11-9-18)27-14-19(13-23(27)29)25(31)33-15-22(28)26-21-7-5-6-16(2)17(21)3/h5-11,19H,4,12-15H2,1-3H3,(H,26,28)/t19-/m1/s1. The molecule has 3 rings (SSSR count). The number of carbonyl (C=O) groups excluding carboxylic acids is 4. The Morgan fingerprint density at radius 1 is 1.06 bits per heavy atom. The number of ether oxygens (including phenoxy) is 2. The number of amides is 2. The van der Waals surface area contributed by atoms with E-state index in [1.165, 1.54) is 4.90 Å². The van der Waals surface area contributed by atoms with E-state index in [2.05, 4.69) is 5.32 Å². The van der Waals surface area contributed by atoms with E-state index in [0.717, 1.165) is 17.5 Å². The van der Waals surface area contributed by atoms with Gasteiger partial charge in [0.05, 0.1) is 18.1 Å². The molecule has 0 unspecified atom stereocenters. The molecular weight excluding hydrogens is 424 g/mol. The molecule has 33 heavy (non-hydrogen) atoms. The summed E-state index contributed by atoms with van der Waals surface area (Å²) in [5, 5.41) is 2.74. The first-order valence-corrected chi connectivity index (χ1v) is 10.9. The van der Waals surface area contributed by atoms with E-state index in [1.807, 2.05) is 32.9 Å². The lowest BCUT2D eigenvalue weighted by Gasteiger charge is -2.17. The lowest BCUT2D eigenvalue weighted by molar-refractivity contribution is -0.151. The van der Waals surface area contributed by atoms with Crippen molar-refractivity contribution in [2.45, 2.75) is 33.6 Å². The summed E-state index contributed by atoms with van der Waals surface area (Å²) in [6.45, 7) is 5.82. The molecule has 0 aromatic heterocycles. The molecule has 2 amide bonds. The van der Waals surface area contributed by atoms with Gasteiger partial charge in [0.2, 0.25) is 5.91 Å². The zero-order valence-electron chi connectivity index (χ0n) is 19.1. The van der Waals surface area contributed by atoms with Crippen LogP contribution in [0.15, 0.2) is 42.5 Å². The van der Waals surface area contributed by atoms with Gasteiger partial charge in [-0.1, -0.05) is 19.1 Å². The quantitative estimate of drug-likeness (QED) is 0.616. The van der Waals surface area contributed by atoms with Gasteiger partial charge in [0.1, 0.15) is 0 Å². The van der Waals surface area contributed by atoms with Crippen LogP contribution in [0.4, 0.5) is 11.4 Å². The number of carbonyl (C=O) groups is 4. The maximum atomic E-state index is 12.4. The van der Waals surface area contributed by atoms with Gasteiger partial charge in [-0.2, -0.15) is 0 Å². The maximum Gasteiger partial charge on any atom is 0.338 e. The summed E-state index contributed by atoms with van der Waals surface area (Å²) in [4.78, 5) is 50.5. The van der Waals surface area contributed by atoms with Crippen molar-refractivity contribution in [3.63, 3.8) is 0 Å². The van der Waals surface area contributed by atoms with Gasteiger partial charge in [-0.25, -0.2) is 4.79 Å². The molecule has 2 aromatic carbocycles. The van der Waals surface area contributed by atoms with Crippen LogP contribution in [0.3, 0.4) is 0 Å². The summed E-state index contributed by atoms with van der Waals surface area (Å²) in [6.07, 6.45) is 0.731. The SMILES string of the molecule is CCCOC(=O)c1ccc(N2C[C@H](C(=O)OCC(=O)Nc3cccc(C)c3C)CC2=O)cc1. The van der Waals surface area contributed by atoms with Crippen LogP contribution in [0, 0.1) is 19.8 Å². The van der Waals surface area contributed by atoms with Gasteiger partial charge < -0.3 is 19.7 Å². The number of nitrogens with zero attached hydrogens (tertiary/aromatic N) is 1. The topological polar surface area (TPSA) is 102 Å². The number of anilines is 2. The van der Waals surface area contributed by atoms with Gasteiger partial charge in [0, 0.05) is 24.3 Å². The molecule has 0 bridgehead atoms. The average molecular weight is 453 g/mol. The Morgan fingerprint density at radius 2 is 1.79 bits per heavy atom. The summed E-state index contributed by atoms with van der Waals surface area (Å²) in [5.74, 6) is -2.35. The van der Waals surface area contributed by atoms with Crippen LogP contribution in [0.5, 0.6) is 0 Å². The highest BCUT2D eigenvalue weighted by Gasteiger charge is 2.36. The molecule has 1 fully saturated rings. The maximum absolute atomic E-state index is 12.4. The van der Waals surface area contributed by atoms with Crippen molar-refractivity contribution in [3.05, 3.63) is 59.2 Å². The predicted molar refractivity (Wildman–Crippen MR) is 123 cm³/mol. The van der Waals surface area contributed by atoms with E-state index in [-0.39, 0.29) is 18.9 Å². The lowest BCUT2D eigenvalue weighted by Crippen LogP contribution is -2.28. The number of benzene rings is 2. The summed E-state index contributed by atoms with van der Waals surface area (Å²) in [5.41, 5.74) is 3.62. The highest BCUT2D eigenvalue weighted by Crippen LogP contribution is 2.26. The van der Waals surface area contributed by atoms with Gasteiger partial charge in [0.25, 0.3) is 5.91 Å². The Morgan fingerprint density at radius 3 is 2.48 bits per heavy atom. The molecule has 1 atom stereocenters. The monoisotopic (exact) mass is 452 g/mol. The van der Waals surface area contributed by atoms with Crippen LogP contribution < -0.4 is 10.2 Å². The Bertz CT molecular complexity index is 1050. The zero-order valence-corrected chi connectivity index (χ0v) is 19.1. The van der Waals surface area contributed by atoms with Gasteiger partial charge in [0.15, 0.2) is 6.61 Å². The number of rotatable bonds is 8. The molecule has 1 N–H and O–H groups in total. The average Bonchev–Trinajstić information content (AvgIpc) is 3.20. The second-order valence-electron chi connectivity index (χ2n) is 7.99. The van der Waals surface area contributed by atoms with E-state index in [1.54, 1.807) is 30.3 Å². The van der Waals surface area contributed by atoms with Crippen molar-refractivity contribution >= 4 is 35.1 Å². The molecule has 1 saturated heterocycles. The normalized spacial score (nSPS) is 15.3. The van der Waals surface area contributed by atoms with Crippen molar-refractivity contribution in [1.29, 1.82) is 0 Å². The first kappa shape index (κ1) is 24.0. The zero-order chi connectivity index (χ0) is 24.0. The van der Waals surface area contributed by atoms with Crippen molar-refractivity contribution in [2.24, 2.45) is 5.92 Å². The number of nitrogens with one attached hydrogen (secondary N) is 1. The summed E-state index contributed by atoms with van der Waals surface area (Å²) in [6, 6.07) is 12.0. The minimum absolute atomic E-state index is 0.00225. The van der Waals surface area contributed by atoms with Gasteiger partial charge in [-0.05, 0) is 61.7 Å². The first-order chi connectivity index (χ1) is 15.8. The number of esters is 2. The predicted octanol–water partition coefficient (Wildman–Crippen LogP) is 3.41. The highest BCUT2D eigenvalue weighted by atomic mass is 16.5. The van der Waals surface area contributed by atoms with Crippen molar-refractivity contribution in [2.75, 3.05) is 30.0 Å². The Hall–Kier alpha value is -3.68. The van der Waals surface area contributed by atoms with Crippen molar-refractivity contribution in [1.82, 2.24) is 0 Å². The van der Waals surface area contributed by atoms with E-state index in [9.17, 15) is 19.2 Å². The van der Waals surface area contributed by atoms with Crippen LogP contribution in [0.2, 0.25) is 0 Å². The fourth-order valence-corrected chi connectivity index (χ4v) is 3.50. The molecule has 1 aliphatic rings. The fourth-order valence-electron chi connectivity index (χ4n) is 3.50. The minimum Gasteiger partial charge on any atom is -0.462 e. The van der Waals surface area contributed by atoms with E-state index in [0.29, 0.717) is 23.5 Å². The van der Waals surface area contributed by atoms with Crippen molar-refractivity contribution < 1.29 is 28.7 Å². The third-order valence-corrected chi connectivity index (χ3v) is 5.53. The molecule has 2 aromatic rings. The molecule has 1 heterocycles. The third-order valence-electron chi connectivity index (χ3n) is 5.53. The second kappa shape index (κ2) is 10.8. The summed E-state index contributed by atoms with van der Waals surface area (Å²) >= 11 is 0. The molecule has 0 aliphatic carbocycles. The van der Waals surface area contributed by atoms with Crippen LogP contribution in [0.1, 0.15) is 41.3 Å². The Kier molecular flexibility index (Phi) is 7.82. The summed E-state index contributed by atoms with van der Waals surface area (Å²) in [7, 11) is 0. The van der Waals surface area contributed by atoms with E-state index < -0.39 is 30.4 Å². The van der Waals surface area contributed by atoms with Crippen molar-refractivity contribution in [3.8, 4) is 0 Å². The van der Waals surface area contributed by atoms with E-state index >= 15 is 0 Å². The molecular formula is C25H28N2O6. The third kappa shape index (κ3) is 5.97. The Balaban J connectivity index is 1.53. The van der Waals surface area contributed by atoms with Crippen LogP contribution >= 0.6 is 0 Å². The van der Waals surface area contributed by atoms with Gasteiger partial charge in [-0.3, -0.25) is 14.4 Å². The van der Waals surface area contributed by atoms with Crippen LogP contribution in [-0.4, -0.2) is 43.5 Å². The largest absolute Gasteiger partial charge is 0.462 e. The van der Waals surface area contributed by atoms with Crippen LogP contribution in [-0.2, 0) is 23.9 Å². The number of aryl methyl sites for hydroxylation is 1. The molecule has 8 nitrogen and oxygen atoms in total. The second-order valence-corrected chi connectivity index (χ2v) is 7.99. The molecule has 0 radical (unpaired) electrons. The van der Waals surface area contributed by atoms with Crippen LogP contribution in [0.25, 0.3) is 0 Å². The molecule has 8 heteroatoms. The van der Waals surface area contributed by atoms with E-state index in [4.69, 9.17) is 9.47 Å².